The van der Waals surface area contributed by atoms with Crippen molar-refractivity contribution in [2.45, 2.75) is 37.6 Å². The van der Waals surface area contributed by atoms with Crippen molar-refractivity contribution in [3.05, 3.63) is 65.2 Å². The molecule has 24 heavy (non-hydrogen) atoms. The summed E-state index contributed by atoms with van der Waals surface area (Å²) in [5.74, 6) is -0.732. The standard InChI is InChI=1S/C20H19NO3/c22-18-17-6-2-1-5-14(17)13-21(18)16-9-7-15(8-10-16)20(19(23)24)11-3-4-12-20/h1-2,5-10H,3-4,11-13H2,(H,23,24). The predicted molar refractivity (Wildman–Crippen MR) is 91.2 cm³/mol. The van der Waals surface area contributed by atoms with E-state index in [0.29, 0.717) is 19.4 Å². The number of hydrogen-bond acceptors (Lipinski definition) is 2. The van der Waals surface area contributed by atoms with E-state index in [1.54, 1.807) is 4.90 Å². The topological polar surface area (TPSA) is 57.6 Å². The number of carboxylic acids is 1. The monoisotopic (exact) mass is 321 g/mol. The number of nitrogens with zero attached hydrogens (tertiary/aromatic N) is 1. The average molecular weight is 321 g/mol. The van der Waals surface area contributed by atoms with Crippen LogP contribution in [0.1, 0.15) is 47.2 Å². The van der Waals surface area contributed by atoms with Crippen molar-refractivity contribution >= 4 is 17.6 Å². The second-order valence-corrected chi connectivity index (χ2v) is 6.69. The summed E-state index contributed by atoms with van der Waals surface area (Å²) in [6.07, 6.45) is 3.29. The van der Waals surface area contributed by atoms with E-state index in [1.807, 2.05) is 48.5 Å². The van der Waals surface area contributed by atoms with Crippen LogP contribution in [0.25, 0.3) is 0 Å². The highest BCUT2D eigenvalue weighted by Gasteiger charge is 2.42. The molecular weight excluding hydrogens is 302 g/mol. The van der Waals surface area contributed by atoms with Gasteiger partial charge in [0.25, 0.3) is 5.91 Å². The number of benzene rings is 2. The van der Waals surface area contributed by atoms with Crippen molar-refractivity contribution in [2.24, 2.45) is 0 Å². The lowest BCUT2D eigenvalue weighted by Gasteiger charge is -2.25. The Hall–Kier alpha value is -2.62. The van der Waals surface area contributed by atoms with Crippen LogP contribution < -0.4 is 4.90 Å². The predicted octanol–water partition coefficient (Wildman–Crippen LogP) is 3.74. The summed E-state index contributed by atoms with van der Waals surface area (Å²) in [6, 6.07) is 15.2. The number of hydrogen-bond donors (Lipinski definition) is 1. The molecule has 2 aromatic rings. The smallest absolute Gasteiger partial charge is 0.314 e. The number of rotatable bonds is 3. The van der Waals surface area contributed by atoms with E-state index in [4.69, 9.17) is 0 Å². The van der Waals surface area contributed by atoms with E-state index in [9.17, 15) is 14.7 Å². The first-order chi connectivity index (χ1) is 11.6. The first kappa shape index (κ1) is 14.9. The Labute approximate surface area is 140 Å². The molecule has 2 aromatic carbocycles. The zero-order valence-electron chi connectivity index (χ0n) is 13.4. The van der Waals surface area contributed by atoms with Crippen molar-refractivity contribution in [1.82, 2.24) is 0 Å². The summed E-state index contributed by atoms with van der Waals surface area (Å²) in [7, 11) is 0. The lowest BCUT2D eigenvalue weighted by atomic mass is 9.79. The number of carbonyl (C=O) groups excluding carboxylic acids is 1. The van der Waals surface area contributed by atoms with Crippen LogP contribution in [-0.2, 0) is 16.8 Å². The maximum absolute atomic E-state index is 12.5. The van der Waals surface area contributed by atoms with Gasteiger partial charge in [0.1, 0.15) is 0 Å². The molecule has 1 aliphatic carbocycles. The first-order valence-corrected chi connectivity index (χ1v) is 8.35. The van der Waals surface area contributed by atoms with Gasteiger partial charge in [-0.3, -0.25) is 9.59 Å². The van der Waals surface area contributed by atoms with Crippen LogP contribution >= 0.6 is 0 Å². The van der Waals surface area contributed by atoms with Gasteiger partial charge in [-0.15, -0.1) is 0 Å². The van der Waals surface area contributed by atoms with E-state index in [2.05, 4.69) is 0 Å². The Morgan fingerprint density at radius 2 is 1.67 bits per heavy atom. The molecule has 4 nitrogen and oxygen atoms in total. The van der Waals surface area contributed by atoms with E-state index >= 15 is 0 Å². The number of aliphatic carboxylic acids is 1. The molecule has 0 bridgehead atoms. The molecule has 1 fully saturated rings. The van der Waals surface area contributed by atoms with Crippen LogP contribution in [0.3, 0.4) is 0 Å². The molecular formula is C20H19NO3. The number of amides is 1. The molecule has 122 valence electrons. The minimum Gasteiger partial charge on any atom is -0.481 e. The van der Waals surface area contributed by atoms with Gasteiger partial charge in [0.15, 0.2) is 0 Å². The van der Waals surface area contributed by atoms with Gasteiger partial charge in [0.2, 0.25) is 0 Å². The SMILES string of the molecule is O=C1c2ccccc2CN1c1ccc(C2(C(=O)O)CCCC2)cc1. The van der Waals surface area contributed by atoms with E-state index in [1.165, 1.54) is 0 Å². The van der Waals surface area contributed by atoms with Crippen LogP contribution in [0.5, 0.6) is 0 Å². The highest BCUT2D eigenvalue weighted by Crippen LogP contribution is 2.42. The number of fused-ring (bicyclic) bond motifs is 1. The molecule has 0 unspecified atom stereocenters. The number of carbonyl (C=O) groups is 2. The van der Waals surface area contributed by atoms with Crippen LogP contribution in [0.15, 0.2) is 48.5 Å². The minimum absolute atomic E-state index is 0.00663. The summed E-state index contributed by atoms with van der Waals surface area (Å²) in [4.78, 5) is 26.1. The maximum Gasteiger partial charge on any atom is 0.314 e. The number of anilines is 1. The zero-order chi connectivity index (χ0) is 16.7. The van der Waals surface area contributed by atoms with E-state index in [-0.39, 0.29) is 5.91 Å². The molecule has 0 atom stereocenters. The van der Waals surface area contributed by atoms with Crippen LogP contribution in [0, 0.1) is 0 Å². The second-order valence-electron chi connectivity index (χ2n) is 6.69. The molecule has 1 saturated carbocycles. The number of carboxylic acid groups (broad SMARTS) is 1. The third-order valence-electron chi connectivity index (χ3n) is 5.42. The van der Waals surface area contributed by atoms with Crippen molar-refractivity contribution in [1.29, 1.82) is 0 Å². The third kappa shape index (κ3) is 2.13. The fraction of sp³-hybridized carbons (Fsp3) is 0.300. The van der Waals surface area contributed by atoms with Crippen molar-refractivity contribution in [3.63, 3.8) is 0 Å². The summed E-state index contributed by atoms with van der Waals surface area (Å²) in [5, 5.41) is 9.69. The fourth-order valence-corrected chi connectivity index (χ4v) is 4.03. The Balaban J connectivity index is 1.64. The Morgan fingerprint density at radius 3 is 2.29 bits per heavy atom. The molecule has 1 N–H and O–H groups in total. The highest BCUT2D eigenvalue weighted by molar-refractivity contribution is 6.10. The normalized spacial score (nSPS) is 18.7. The first-order valence-electron chi connectivity index (χ1n) is 8.35. The van der Waals surface area contributed by atoms with Gasteiger partial charge in [-0.25, -0.2) is 0 Å². The van der Waals surface area contributed by atoms with E-state index < -0.39 is 11.4 Å². The van der Waals surface area contributed by atoms with E-state index in [0.717, 1.165) is 35.2 Å². The molecule has 0 aromatic heterocycles. The molecule has 1 amide bonds. The van der Waals surface area contributed by atoms with Crippen LogP contribution in [0.2, 0.25) is 0 Å². The van der Waals surface area contributed by atoms with Gasteiger partial charge in [-0.1, -0.05) is 43.2 Å². The average Bonchev–Trinajstić information content (AvgIpc) is 3.22. The largest absolute Gasteiger partial charge is 0.481 e. The molecule has 4 heteroatoms. The molecule has 0 radical (unpaired) electrons. The lowest BCUT2D eigenvalue weighted by molar-refractivity contribution is -0.143. The molecule has 0 saturated heterocycles. The van der Waals surface area contributed by atoms with Gasteiger partial charge in [-0.2, -0.15) is 0 Å². The third-order valence-corrected chi connectivity index (χ3v) is 5.42. The van der Waals surface area contributed by atoms with Crippen molar-refractivity contribution in [2.75, 3.05) is 4.90 Å². The Kier molecular flexibility index (Phi) is 3.41. The second kappa shape index (κ2) is 5.48. The Morgan fingerprint density at radius 1 is 1.00 bits per heavy atom. The van der Waals surface area contributed by atoms with Gasteiger partial charge in [0.05, 0.1) is 12.0 Å². The van der Waals surface area contributed by atoms with Crippen LogP contribution in [0.4, 0.5) is 5.69 Å². The summed E-state index contributed by atoms with van der Waals surface area (Å²) in [5.41, 5.74) is 2.69. The molecule has 2 aliphatic rings. The van der Waals surface area contributed by atoms with Crippen molar-refractivity contribution in [3.8, 4) is 0 Å². The molecule has 0 spiro atoms. The summed E-state index contributed by atoms with van der Waals surface area (Å²) in [6.45, 7) is 0.568. The molecule has 1 heterocycles. The summed E-state index contributed by atoms with van der Waals surface area (Å²) < 4.78 is 0. The molecule has 1 aliphatic heterocycles. The lowest BCUT2D eigenvalue weighted by Crippen LogP contribution is -2.32. The highest BCUT2D eigenvalue weighted by atomic mass is 16.4. The van der Waals surface area contributed by atoms with Gasteiger partial charge < -0.3 is 10.0 Å². The zero-order valence-corrected chi connectivity index (χ0v) is 13.4. The maximum atomic E-state index is 12.5. The van der Waals surface area contributed by atoms with Crippen molar-refractivity contribution < 1.29 is 14.7 Å². The molecule has 4 rings (SSSR count). The van der Waals surface area contributed by atoms with Gasteiger partial charge in [0, 0.05) is 11.3 Å². The van der Waals surface area contributed by atoms with Gasteiger partial charge in [-0.05, 0) is 42.2 Å². The quantitative estimate of drug-likeness (QED) is 0.937. The minimum atomic E-state index is -0.753. The van der Waals surface area contributed by atoms with Gasteiger partial charge >= 0.3 is 5.97 Å². The van der Waals surface area contributed by atoms with Crippen LogP contribution in [-0.4, -0.2) is 17.0 Å². The summed E-state index contributed by atoms with van der Waals surface area (Å²) >= 11 is 0. The fourth-order valence-electron chi connectivity index (χ4n) is 4.03. The Bertz CT molecular complexity index is 804.